The fourth-order valence-electron chi connectivity index (χ4n) is 1.28. The largest absolute Gasteiger partial charge is 0.417 e. The van der Waals surface area contributed by atoms with Gasteiger partial charge < -0.3 is 0 Å². The Morgan fingerprint density at radius 2 is 1.94 bits per heavy atom. The second-order valence-corrected chi connectivity index (χ2v) is 4.32. The summed E-state index contributed by atoms with van der Waals surface area (Å²) in [5, 5.41) is 10.5. The quantitative estimate of drug-likeness (QED) is 0.352. The maximum absolute atomic E-state index is 12.7. The van der Waals surface area contributed by atoms with Gasteiger partial charge in [-0.25, -0.2) is 0 Å². The third-order valence-corrected chi connectivity index (χ3v) is 2.79. The van der Waals surface area contributed by atoms with Crippen LogP contribution < -0.4 is 0 Å². The highest BCUT2D eigenvalue weighted by Gasteiger charge is 2.37. The van der Waals surface area contributed by atoms with E-state index >= 15 is 0 Å². The molecule has 0 aliphatic carbocycles. The molecule has 0 unspecified atom stereocenters. The second kappa shape index (κ2) is 4.59. The normalized spacial score (nSPS) is 11.4. The van der Waals surface area contributed by atoms with E-state index in [1.165, 1.54) is 22.6 Å². The summed E-state index contributed by atoms with van der Waals surface area (Å²) in [5.41, 5.74) is -2.50. The van der Waals surface area contributed by atoms with Crippen molar-refractivity contribution in [2.24, 2.45) is 0 Å². The zero-order valence-electron chi connectivity index (χ0n) is 8.34. The first-order chi connectivity index (χ1) is 7.64. The lowest BCUT2D eigenvalue weighted by Gasteiger charge is -2.12. The van der Waals surface area contributed by atoms with Gasteiger partial charge in [-0.05, 0) is 29.5 Å². The predicted molar refractivity (Wildman–Crippen MR) is 60.8 cm³/mol. The van der Waals surface area contributed by atoms with Gasteiger partial charge in [-0.3, -0.25) is 14.9 Å². The van der Waals surface area contributed by atoms with Crippen LogP contribution in [0, 0.1) is 13.7 Å². The molecule has 0 radical (unpaired) electrons. The van der Waals surface area contributed by atoms with Crippen LogP contribution in [-0.2, 0) is 6.18 Å². The topological polar surface area (TPSA) is 60.2 Å². The average Bonchev–Trinajstić information content (AvgIpc) is 2.14. The fraction of sp³-hybridized carbons (Fsp3) is 0.222. The molecule has 0 heterocycles. The van der Waals surface area contributed by atoms with Gasteiger partial charge in [0.2, 0.25) is 0 Å². The highest BCUT2D eigenvalue weighted by atomic mass is 127. The molecule has 0 fully saturated rings. The second-order valence-electron chi connectivity index (χ2n) is 3.16. The van der Waals surface area contributed by atoms with Crippen molar-refractivity contribution in [2.45, 2.75) is 13.1 Å². The van der Waals surface area contributed by atoms with E-state index in [-0.39, 0.29) is 3.57 Å². The zero-order chi connectivity index (χ0) is 13.4. The minimum atomic E-state index is -4.80. The summed E-state index contributed by atoms with van der Waals surface area (Å²) in [4.78, 5) is 20.7. The Morgan fingerprint density at radius 1 is 1.41 bits per heavy atom. The van der Waals surface area contributed by atoms with E-state index in [4.69, 9.17) is 0 Å². The van der Waals surface area contributed by atoms with Crippen LogP contribution in [0.3, 0.4) is 0 Å². The van der Waals surface area contributed by atoms with Crippen LogP contribution in [-0.4, -0.2) is 10.7 Å². The molecule has 1 aromatic rings. The van der Waals surface area contributed by atoms with Crippen LogP contribution in [0.2, 0.25) is 0 Å². The van der Waals surface area contributed by atoms with Crippen molar-refractivity contribution >= 4 is 34.1 Å². The van der Waals surface area contributed by atoms with Crippen LogP contribution >= 0.6 is 22.6 Å². The number of halogens is 4. The maximum Gasteiger partial charge on any atom is 0.417 e. The lowest BCUT2D eigenvalue weighted by Crippen LogP contribution is -2.14. The number of nitrogens with zero attached hydrogens (tertiary/aromatic N) is 1. The Balaban J connectivity index is 3.62. The number of carbonyl (C=O) groups excluding carboxylic acids is 1. The molecule has 0 spiro atoms. The summed E-state index contributed by atoms with van der Waals surface area (Å²) in [5.74, 6) is -0.781. The minimum Gasteiger partial charge on any atom is -0.294 e. The fourth-order valence-corrected chi connectivity index (χ4v) is 2.27. The third kappa shape index (κ3) is 2.93. The first kappa shape index (κ1) is 13.9. The van der Waals surface area contributed by atoms with Gasteiger partial charge in [-0.2, -0.15) is 13.2 Å². The van der Waals surface area contributed by atoms with E-state index in [1.54, 1.807) is 0 Å². The van der Waals surface area contributed by atoms with Crippen LogP contribution in [0.1, 0.15) is 22.8 Å². The number of benzene rings is 1. The molecule has 0 N–H and O–H groups in total. The first-order valence-electron chi connectivity index (χ1n) is 4.20. The molecular formula is C9H5F3INO3. The predicted octanol–water partition coefficient (Wildman–Crippen LogP) is 3.42. The van der Waals surface area contributed by atoms with E-state index in [9.17, 15) is 28.1 Å². The van der Waals surface area contributed by atoms with Gasteiger partial charge in [0, 0.05) is 21.3 Å². The van der Waals surface area contributed by atoms with E-state index < -0.39 is 33.7 Å². The standard InChI is InChI=1S/C9H5F3INO3/c1-4(15)8-6(9(10,11)12)2-5(14(16)17)3-7(8)13/h2-3H,1H3. The molecular weight excluding hydrogens is 354 g/mol. The molecule has 92 valence electrons. The molecule has 0 saturated carbocycles. The lowest BCUT2D eigenvalue weighted by molar-refractivity contribution is -0.385. The van der Waals surface area contributed by atoms with Crippen LogP contribution in [0.5, 0.6) is 0 Å². The van der Waals surface area contributed by atoms with Crippen molar-refractivity contribution in [1.29, 1.82) is 0 Å². The molecule has 0 aromatic heterocycles. The molecule has 0 atom stereocenters. The minimum absolute atomic E-state index is 0.0865. The number of Topliss-reactive ketones (excluding diaryl/α,β-unsaturated/α-hetero) is 1. The van der Waals surface area contributed by atoms with Crippen molar-refractivity contribution in [2.75, 3.05) is 0 Å². The van der Waals surface area contributed by atoms with Crippen molar-refractivity contribution < 1.29 is 22.9 Å². The molecule has 0 bridgehead atoms. The number of hydrogen-bond donors (Lipinski definition) is 0. The highest BCUT2D eigenvalue weighted by molar-refractivity contribution is 14.1. The van der Waals surface area contributed by atoms with Crippen LogP contribution in [0.4, 0.5) is 18.9 Å². The van der Waals surface area contributed by atoms with Crippen molar-refractivity contribution in [3.05, 3.63) is 36.9 Å². The van der Waals surface area contributed by atoms with Gasteiger partial charge in [0.15, 0.2) is 5.78 Å². The molecule has 0 aliphatic rings. The molecule has 0 amide bonds. The number of ketones is 1. The Bertz CT molecular complexity index is 499. The van der Waals surface area contributed by atoms with Crippen molar-refractivity contribution in [3.8, 4) is 0 Å². The monoisotopic (exact) mass is 359 g/mol. The molecule has 4 nitrogen and oxygen atoms in total. The Kier molecular flexibility index (Phi) is 3.74. The summed E-state index contributed by atoms with van der Waals surface area (Å²) in [6, 6.07) is 1.31. The van der Waals surface area contributed by atoms with Crippen molar-refractivity contribution in [3.63, 3.8) is 0 Å². The average molecular weight is 359 g/mol. The zero-order valence-corrected chi connectivity index (χ0v) is 10.5. The van der Waals surface area contributed by atoms with Gasteiger partial charge in [0.05, 0.1) is 10.5 Å². The van der Waals surface area contributed by atoms with Gasteiger partial charge in [-0.15, -0.1) is 0 Å². The third-order valence-electron chi connectivity index (χ3n) is 1.94. The number of rotatable bonds is 2. The highest BCUT2D eigenvalue weighted by Crippen LogP contribution is 2.36. The van der Waals surface area contributed by atoms with Gasteiger partial charge in [-0.1, -0.05) is 0 Å². The summed E-state index contributed by atoms with van der Waals surface area (Å²) in [7, 11) is 0. The summed E-state index contributed by atoms with van der Waals surface area (Å²) < 4.78 is 37.9. The maximum atomic E-state index is 12.7. The summed E-state index contributed by atoms with van der Waals surface area (Å²) in [6.07, 6.45) is -4.80. The van der Waals surface area contributed by atoms with Crippen LogP contribution in [0.15, 0.2) is 12.1 Å². The van der Waals surface area contributed by atoms with E-state index in [2.05, 4.69) is 0 Å². The van der Waals surface area contributed by atoms with Gasteiger partial charge in [0.1, 0.15) is 0 Å². The van der Waals surface area contributed by atoms with Gasteiger partial charge in [0.25, 0.3) is 5.69 Å². The van der Waals surface area contributed by atoms with E-state index in [1.807, 2.05) is 0 Å². The van der Waals surface area contributed by atoms with E-state index in [0.29, 0.717) is 6.07 Å². The van der Waals surface area contributed by atoms with E-state index in [0.717, 1.165) is 13.0 Å². The Labute approximate surface area is 107 Å². The lowest BCUT2D eigenvalue weighted by atomic mass is 10.0. The number of nitro benzene ring substituents is 1. The molecule has 0 aliphatic heterocycles. The molecule has 0 saturated heterocycles. The smallest absolute Gasteiger partial charge is 0.294 e. The summed E-state index contributed by atoms with van der Waals surface area (Å²) in [6.45, 7) is 0.985. The number of alkyl halides is 3. The molecule has 17 heavy (non-hydrogen) atoms. The molecule has 1 aromatic carbocycles. The van der Waals surface area contributed by atoms with Gasteiger partial charge >= 0.3 is 6.18 Å². The Hall–Kier alpha value is -1.19. The molecule has 8 heteroatoms. The SMILES string of the molecule is CC(=O)c1c(I)cc([N+](=O)[O-])cc1C(F)(F)F. The number of non-ortho nitro benzene ring substituents is 1. The molecule has 1 rings (SSSR count). The summed E-state index contributed by atoms with van der Waals surface area (Å²) >= 11 is 1.47. The Morgan fingerprint density at radius 3 is 2.29 bits per heavy atom. The number of hydrogen-bond acceptors (Lipinski definition) is 3. The van der Waals surface area contributed by atoms with Crippen LogP contribution in [0.25, 0.3) is 0 Å². The number of carbonyl (C=O) groups is 1. The van der Waals surface area contributed by atoms with Crippen molar-refractivity contribution in [1.82, 2.24) is 0 Å². The first-order valence-corrected chi connectivity index (χ1v) is 5.28. The number of nitro groups is 1.